The SMILES string of the molecule is OCCNc1cccc(CO)c1. The Balaban J connectivity index is 2.60. The quantitative estimate of drug-likeness (QED) is 0.615. The van der Waals surface area contributed by atoms with Crippen molar-refractivity contribution in [3.05, 3.63) is 29.8 Å². The van der Waals surface area contributed by atoms with Gasteiger partial charge in [0, 0.05) is 12.2 Å². The first-order valence-electron chi connectivity index (χ1n) is 3.91. The molecule has 0 saturated heterocycles. The van der Waals surface area contributed by atoms with Gasteiger partial charge in [0.25, 0.3) is 0 Å². The maximum Gasteiger partial charge on any atom is 0.0682 e. The predicted molar refractivity (Wildman–Crippen MR) is 47.9 cm³/mol. The van der Waals surface area contributed by atoms with Crippen LogP contribution in [0.15, 0.2) is 24.3 Å². The summed E-state index contributed by atoms with van der Waals surface area (Å²) >= 11 is 0. The molecule has 0 heterocycles. The zero-order valence-corrected chi connectivity index (χ0v) is 6.83. The molecule has 0 aromatic heterocycles. The highest BCUT2D eigenvalue weighted by Gasteiger charge is 1.92. The summed E-state index contributed by atoms with van der Waals surface area (Å²) in [5.74, 6) is 0. The molecule has 66 valence electrons. The van der Waals surface area contributed by atoms with Crippen molar-refractivity contribution in [1.29, 1.82) is 0 Å². The molecule has 1 aromatic rings. The maximum atomic E-state index is 8.81. The second kappa shape index (κ2) is 4.74. The number of rotatable bonds is 4. The Labute approximate surface area is 71.7 Å². The molecule has 0 unspecified atom stereocenters. The van der Waals surface area contributed by atoms with E-state index in [-0.39, 0.29) is 13.2 Å². The molecule has 0 fully saturated rings. The van der Waals surface area contributed by atoms with Gasteiger partial charge >= 0.3 is 0 Å². The van der Waals surface area contributed by atoms with Crippen LogP contribution in [0.4, 0.5) is 5.69 Å². The highest BCUT2D eigenvalue weighted by atomic mass is 16.3. The number of hydrogen-bond donors (Lipinski definition) is 3. The van der Waals surface area contributed by atoms with Gasteiger partial charge in [0.2, 0.25) is 0 Å². The van der Waals surface area contributed by atoms with Crippen LogP contribution in [0.5, 0.6) is 0 Å². The average molecular weight is 167 g/mol. The van der Waals surface area contributed by atoms with Crippen molar-refractivity contribution in [2.75, 3.05) is 18.5 Å². The van der Waals surface area contributed by atoms with Crippen molar-refractivity contribution in [1.82, 2.24) is 0 Å². The Morgan fingerprint density at radius 2 is 2.08 bits per heavy atom. The summed E-state index contributed by atoms with van der Waals surface area (Å²) in [6.07, 6.45) is 0. The Morgan fingerprint density at radius 3 is 2.75 bits per heavy atom. The average Bonchev–Trinajstić information content (AvgIpc) is 2.15. The number of hydrogen-bond acceptors (Lipinski definition) is 3. The minimum atomic E-state index is 0.0502. The highest BCUT2D eigenvalue weighted by molar-refractivity contribution is 5.45. The minimum absolute atomic E-state index is 0.0502. The second-order valence-corrected chi connectivity index (χ2v) is 2.51. The smallest absolute Gasteiger partial charge is 0.0682 e. The largest absolute Gasteiger partial charge is 0.395 e. The van der Waals surface area contributed by atoms with Crippen molar-refractivity contribution < 1.29 is 10.2 Å². The minimum Gasteiger partial charge on any atom is -0.395 e. The Hall–Kier alpha value is -1.06. The maximum absolute atomic E-state index is 8.81. The van der Waals surface area contributed by atoms with Crippen LogP contribution in [0.2, 0.25) is 0 Å². The zero-order chi connectivity index (χ0) is 8.81. The highest BCUT2D eigenvalue weighted by Crippen LogP contribution is 2.09. The molecule has 0 spiro atoms. The first kappa shape index (κ1) is 9.03. The Kier molecular flexibility index (Phi) is 3.57. The summed E-state index contributed by atoms with van der Waals surface area (Å²) in [6, 6.07) is 7.47. The molecule has 0 aliphatic carbocycles. The van der Waals surface area contributed by atoms with Crippen molar-refractivity contribution in [2.45, 2.75) is 6.61 Å². The summed E-state index contributed by atoms with van der Waals surface area (Å²) in [6.45, 7) is 0.701. The van der Waals surface area contributed by atoms with Gasteiger partial charge in [-0.1, -0.05) is 12.1 Å². The summed E-state index contributed by atoms with van der Waals surface area (Å²) in [5, 5.41) is 20.4. The van der Waals surface area contributed by atoms with Crippen LogP contribution < -0.4 is 5.32 Å². The molecule has 0 amide bonds. The van der Waals surface area contributed by atoms with Crippen LogP contribution in [0.25, 0.3) is 0 Å². The van der Waals surface area contributed by atoms with Crippen molar-refractivity contribution in [3.8, 4) is 0 Å². The standard InChI is InChI=1S/C9H13NO2/c11-5-4-10-9-3-1-2-8(6-9)7-12/h1-3,6,10-12H,4-5,7H2. The molecule has 1 aromatic carbocycles. The first-order chi connectivity index (χ1) is 5.86. The fraction of sp³-hybridized carbons (Fsp3) is 0.333. The summed E-state index contributed by atoms with van der Waals surface area (Å²) in [5.41, 5.74) is 1.80. The van der Waals surface area contributed by atoms with Gasteiger partial charge in [-0.2, -0.15) is 0 Å². The molecule has 1 rings (SSSR count). The third-order valence-corrected chi connectivity index (χ3v) is 1.55. The van der Waals surface area contributed by atoms with Crippen molar-refractivity contribution >= 4 is 5.69 Å². The van der Waals surface area contributed by atoms with Crippen LogP contribution in [-0.2, 0) is 6.61 Å². The van der Waals surface area contributed by atoms with Crippen LogP contribution in [0, 0.1) is 0 Å². The van der Waals surface area contributed by atoms with E-state index in [2.05, 4.69) is 5.32 Å². The normalized spacial score (nSPS) is 9.83. The number of nitrogens with one attached hydrogen (secondary N) is 1. The Bertz CT molecular complexity index is 238. The summed E-state index contributed by atoms with van der Waals surface area (Å²) in [4.78, 5) is 0. The summed E-state index contributed by atoms with van der Waals surface area (Å²) in [7, 11) is 0. The summed E-state index contributed by atoms with van der Waals surface area (Å²) < 4.78 is 0. The van der Waals surface area contributed by atoms with Crippen molar-refractivity contribution in [3.63, 3.8) is 0 Å². The molecule has 0 radical (unpaired) electrons. The predicted octanol–water partition coefficient (Wildman–Crippen LogP) is 0.583. The van der Waals surface area contributed by atoms with Gasteiger partial charge in [-0.25, -0.2) is 0 Å². The number of anilines is 1. The van der Waals surface area contributed by atoms with Crippen LogP contribution >= 0.6 is 0 Å². The van der Waals surface area contributed by atoms with E-state index in [4.69, 9.17) is 10.2 Å². The lowest BCUT2D eigenvalue weighted by Gasteiger charge is -2.04. The van der Waals surface area contributed by atoms with E-state index in [1.165, 1.54) is 0 Å². The van der Waals surface area contributed by atoms with Gasteiger partial charge in [0.1, 0.15) is 0 Å². The van der Waals surface area contributed by atoms with Crippen LogP contribution in [0.3, 0.4) is 0 Å². The third-order valence-electron chi connectivity index (χ3n) is 1.55. The van der Waals surface area contributed by atoms with E-state index in [9.17, 15) is 0 Å². The molecule has 0 bridgehead atoms. The molecule has 0 aliphatic heterocycles. The van der Waals surface area contributed by atoms with Gasteiger partial charge in [0.15, 0.2) is 0 Å². The molecule has 3 heteroatoms. The van der Waals surface area contributed by atoms with Gasteiger partial charge in [-0.15, -0.1) is 0 Å². The lowest BCUT2D eigenvalue weighted by atomic mass is 10.2. The lowest BCUT2D eigenvalue weighted by molar-refractivity contribution is 0.282. The van der Waals surface area contributed by atoms with E-state index < -0.39 is 0 Å². The van der Waals surface area contributed by atoms with E-state index in [0.29, 0.717) is 6.54 Å². The van der Waals surface area contributed by atoms with E-state index in [1.807, 2.05) is 24.3 Å². The van der Waals surface area contributed by atoms with E-state index in [0.717, 1.165) is 11.3 Å². The first-order valence-corrected chi connectivity index (χ1v) is 3.91. The van der Waals surface area contributed by atoms with E-state index in [1.54, 1.807) is 0 Å². The monoisotopic (exact) mass is 167 g/mol. The number of benzene rings is 1. The molecule has 12 heavy (non-hydrogen) atoms. The fourth-order valence-corrected chi connectivity index (χ4v) is 0.980. The van der Waals surface area contributed by atoms with Gasteiger partial charge in [0.05, 0.1) is 13.2 Å². The number of aliphatic hydroxyl groups is 2. The topological polar surface area (TPSA) is 52.5 Å². The number of aliphatic hydroxyl groups excluding tert-OH is 2. The molecule has 0 aliphatic rings. The van der Waals surface area contributed by atoms with Crippen molar-refractivity contribution in [2.24, 2.45) is 0 Å². The molecular formula is C9H13NO2. The van der Waals surface area contributed by atoms with Gasteiger partial charge in [-0.05, 0) is 17.7 Å². The fourth-order valence-electron chi connectivity index (χ4n) is 0.980. The lowest BCUT2D eigenvalue weighted by Crippen LogP contribution is -2.05. The van der Waals surface area contributed by atoms with Crippen LogP contribution in [-0.4, -0.2) is 23.4 Å². The molecule has 0 atom stereocenters. The zero-order valence-electron chi connectivity index (χ0n) is 6.83. The second-order valence-electron chi connectivity index (χ2n) is 2.51. The molecular weight excluding hydrogens is 154 g/mol. The van der Waals surface area contributed by atoms with Gasteiger partial charge < -0.3 is 15.5 Å². The molecule has 3 N–H and O–H groups in total. The third kappa shape index (κ3) is 2.53. The van der Waals surface area contributed by atoms with E-state index >= 15 is 0 Å². The van der Waals surface area contributed by atoms with Gasteiger partial charge in [-0.3, -0.25) is 0 Å². The molecule has 0 saturated carbocycles. The molecule has 3 nitrogen and oxygen atoms in total. The van der Waals surface area contributed by atoms with Crippen LogP contribution in [0.1, 0.15) is 5.56 Å². The Morgan fingerprint density at radius 1 is 1.25 bits per heavy atom.